The first-order valence-corrected chi connectivity index (χ1v) is 8.27. The number of nitrogens with one attached hydrogen (secondary N) is 1. The Balaban J connectivity index is 0.00000225. The van der Waals surface area contributed by atoms with E-state index < -0.39 is 0 Å². The average Bonchev–Trinajstić information content (AvgIpc) is 3.25. The predicted octanol–water partition coefficient (Wildman–Crippen LogP) is 2.61. The van der Waals surface area contributed by atoms with Gasteiger partial charge in [-0.3, -0.25) is 4.99 Å². The molecule has 1 unspecified atom stereocenters. The summed E-state index contributed by atoms with van der Waals surface area (Å²) in [5.41, 5.74) is 1.36. The summed E-state index contributed by atoms with van der Waals surface area (Å²) in [6.45, 7) is 2.67. The first-order valence-electron chi connectivity index (χ1n) is 8.27. The van der Waals surface area contributed by atoms with Crippen molar-refractivity contribution in [1.29, 1.82) is 0 Å². The van der Waals surface area contributed by atoms with Crippen molar-refractivity contribution in [2.45, 2.75) is 18.9 Å². The van der Waals surface area contributed by atoms with Gasteiger partial charge in [0.15, 0.2) is 5.96 Å². The van der Waals surface area contributed by atoms with Gasteiger partial charge in [-0.05, 0) is 24.1 Å². The van der Waals surface area contributed by atoms with Gasteiger partial charge in [0.05, 0.1) is 13.7 Å². The number of rotatable bonds is 4. The van der Waals surface area contributed by atoms with Gasteiger partial charge < -0.3 is 19.5 Å². The van der Waals surface area contributed by atoms with Crippen LogP contribution in [0.1, 0.15) is 23.7 Å². The van der Waals surface area contributed by atoms with E-state index in [1.165, 1.54) is 5.56 Å². The lowest BCUT2D eigenvalue weighted by molar-refractivity contribution is 0.414. The van der Waals surface area contributed by atoms with E-state index in [0.29, 0.717) is 12.5 Å². The van der Waals surface area contributed by atoms with Crippen LogP contribution in [0.15, 0.2) is 41.7 Å². The Labute approximate surface area is 166 Å². The molecule has 1 aromatic carbocycles. The molecule has 2 heterocycles. The number of aliphatic imine (C=N–C) groups is 1. The molecule has 0 aliphatic carbocycles. The molecule has 3 rings (SSSR count). The summed E-state index contributed by atoms with van der Waals surface area (Å²) in [5.74, 6) is 3.37. The van der Waals surface area contributed by atoms with Crippen molar-refractivity contribution in [3.63, 3.8) is 0 Å². The van der Waals surface area contributed by atoms with Crippen LogP contribution in [-0.2, 0) is 13.6 Å². The van der Waals surface area contributed by atoms with Crippen molar-refractivity contribution in [3.05, 3.63) is 48.0 Å². The number of nitrogens with zero attached hydrogens (tertiary/aromatic N) is 4. The summed E-state index contributed by atoms with van der Waals surface area (Å²) in [6.07, 6.45) is 4.90. The van der Waals surface area contributed by atoms with Crippen LogP contribution in [0.4, 0.5) is 0 Å². The van der Waals surface area contributed by atoms with Crippen LogP contribution in [0.2, 0.25) is 0 Å². The minimum atomic E-state index is 0. The second-order valence-electron chi connectivity index (χ2n) is 6.06. The Morgan fingerprint density at radius 3 is 2.72 bits per heavy atom. The Morgan fingerprint density at radius 2 is 2.12 bits per heavy atom. The van der Waals surface area contributed by atoms with Crippen molar-refractivity contribution < 1.29 is 4.74 Å². The maximum atomic E-state index is 5.24. The molecular formula is C18H26IN5O. The van der Waals surface area contributed by atoms with E-state index in [1.54, 1.807) is 7.11 Å². The molecule has 6 nitrogen and oxygen atoms in total. The minimum absolute atomic E-state index is 0. The highest BCUT2D eigenvalue weighted by atomic mass is 127. The monoisotopic (exact) mass is 455 g/mol. The molecule has 1 aliphatic heterocycles. The van der Waals surface area contributed by atoms with Gasteiger partial charge in [0.25, 0.3) is 0 Å². The fraction of sp³-hybridized carbons (Fsp3) is 0.444. The van der Waals surface area contributed by atoms with Crippen LogP contribution in [0, 0.1) is 0 Å². The number of hydrogen-bond donors (Lipinski definition) is 1. The molecule has 1 saturated heterocycles. The highest BCUT2D eigenvalue weighted by Gasteiger charge is 2.26. The number of aromatic nitrogens is 2. The Morgan fingerprint density at radius 1 is 1.36 bits per heavy atom. The fourth-order valence-electron chi connectivity index (χ4n) is 3.16. The molecule has 0 bridgehead atoms. The van der Waals surface area contributed by atoms with Gasteiger partial charge in [-0.2, -0.15) is 0 Å². The molecule has 0 radical (unpaired) electrons. The lowest BCUT2D eigenvalue weighted by Crippen LogP contribution is -2.39. The molecule has 1 aromatic heterocycles. The molecule has 1 N–H and O–H groups in total. The zero-order chi connectivity index (χ0) is 16.9. The Bertz CT molecular complexity index is 698. The lowest BCUT2D eigenvalue weighted by Gasteiger charge is -2.21. The van der Waals surface area contributed by atoms with Gasteiger partial charge in [0.2, 0.25) is 0 Å². The summed E-state index contributed by atoms with van der Waals surface area (Å²) in [5, 5.41) is 3.42. The highest BCUT2D eigenvalue weighted by molar-refractivity contribution is 14.0. The second kappa shape index (κ2) is 9.07. The van der Waals surface area contributed by atoms with Crippen molar-refractivity contribution >= 4 is 29.9 Å². The van der Waals surface area contributed by atoms with E-state index in [1.807, 2.05) is 43.2 Å². The van der Waals surface area contributed by atoms with Crippen LogP contribution in [0.25, 0.3) is 0 Å². The van der Waals surface area contributed by atoms with Crippen LogP contribution >= 0.6 is 24.0 Å². The van der Waals surface area contributed by atoms with E-state index in [9.17, 15) is 0 Å². The molecule has 25 heavy (non-hydrogen) atoms. The number of guanidine groups is 1. The van der Waals surface area contributed by atoms with Crippen molar-refractivity contribution in [3.8, 4) is 5.75 Å². The SMILES string of the molecule is CN=C(NCc1nccn1C)N1CCC(c2ccc(OC)cc2)C1.I. The van der Waals surface area contributed by atoms with E-state index in [0.717, 1.165) is 37.0 Å². The topological polar surface area (TPSA) is 54.7 Å². The van der Waals surface area contributed by atoms with Gasteiger partial charge in [-0.25, -0.2) is 4.98 Å². The molecule has 7 heteroatoms. The lowest BCUT2D eigenvalue weighted by atomic mass is 9.98. The molecule has 1 atom stereocenters. The predicted molar refractivity (Wildman–Crippen MR) is 111 cm³/mol. The summed E-state index contributed by atoms with van der Waals surface area (Å²) in [7, 11) is 5.54. The number of methoxy groups -OCH3 is 1. The van der Waals surface area contributed by atoms with E-state index in [-0.39, 0.29) is 24.0 Å². The summed E-state index contributed by atoms with van der Waals surface area (Å²) in [6, 6.07) is 8.40. The summed E-state index contributed by atoms with van der Waals surface area (Å²) >= 11 is 0. The molecule has 0 spiro atoms. The van der Waals surface area contributed by atoms with E-state index in [2.05, 4.69) is 32.3 Å². The zero-order valence-corrected chi connectivity index (χ0v) is 17.3. The van der Waals surface area contributed by atoms with Crippen LogP contribution in [0.3, 0.4) is 0 Å². The molecule has 136 valence electrons. The second-order valence-corrected chi connectivity index (χ2v) is 6.06. The van der Waals surface area contributed by atoms with Crippen molar-refractivity contribution in [2.24, 2.45) is 12.0 Å². The zero-order valence-electron chi connectivity index (χ0n) is 15.0. The van der Waals surface area contributed by atoms with E-state index in [4.69, 9.17) is 4.74 Å². The van der Waals surface area contributed by atoms with Gasteiger partial charge >= 0.3 is 0 Å². The van der Waals surface area contributed by atoms with E-state index >= 15 is 0 Å². The van der Waals surface area contributed by atoms with Crippen molar-refractivity contribution in [1.82, 2.24) is 19.8 Å². The summed E-state index contributed by atoms with van der Waals surface area (Å²) < 4.78 is 7.26. The third-order valence-corrected chi connectivity index (χ3v) is 4.61. The van der Waals surface area contributed by atoms with Crippen LogP contribution < -0.4 is 10.1 Å². The first kappa shape index (κ1) is 19.6. The number of aryl methyl sites for hydroxylation is 1. The standard InChI is InChI=1S/C18H25N5O.HI/c1-19-18(21-12-17-20-9-11-22(17)2)23-10-8-15(13-23)14-4-6-16(24-3)7-5-14;/h4-7,9,11,15H,8,10,12-13H2,1-3H3,(H,19,21);1H. The van der Waals surface area contributed by atoms with Crippen molar-refractivity contribution in [2.75, 3.05) is 27.2 Å². The quantitative estimate of drug-likeness (QED) is 0.438. The number of likely N-dealkylation sites (tertiary alicyclic amines) is 1. The summed E-state index contributed by atoms with van der Waals surface area (Å²) in [4.78, 5) is 11.1. The molecular weight excluding hydrogens is 429 g/mol. The molecule has 1 aliphatic rings. The molecule has 0 saturated carbocycles. The minimum Gasteiger partial charge on any atom is -0.497 e. The van der Waals surface area contributed by atoms with Gasteiger partial charge in [0, 0.05) is 45.5 Å². The smallest absolute Gasteiger partial charge is 0.194 e. The molecule has 0 amide bonds. The largest absolute Gasteiger partial charge is 0.497 e. The normalized spacial score (nSPS) is 17.3. The molecule has 2 aromatic rings. The Kier molecular flexibility index (Phi) is 7.10. The highest BCUT2D eigenvalue weighted by Crippen LogP contribution is 2.28. The number of imidazole rings is 1. The third-order valence-electron chi connectivity index (χ3n) is 4.61. The van der Waals surface area contributed by atoms with Crippen LogP contribution in [0.5, 0.6) is 5.75 Å². The fourth-order valence-corrected chi connectivity index (χ4v) is 3.16. The number of hydrogen-bond acceptors (Lipinski definition) is 3. The number of ether oxygens (including phenoxy) is 1. The van der Waals surface area contributed by atoms with Gasteiger partial charge in [-0.15, -0.1) is 24.0 Å². The van der Waals surface area contributed by atoms with Gasteiger partial charge in [-0.1, -0.05) is 12.1 Å². The first-order chi connectivity index (χ1) is 11.7. The maximum absolute atomic E-state index is 5.24. The number of benzene rings is 1. The molecule has 1 fully saturated rings. The number of halogens is 1. The van der Waals surface area contributed by atoms with Crippen LogP contribution in [-0.4, -0.2) is 47.7 Å². The third kappa shape index (κ3) is 4.65. The maximum Gasteiger partial charge on any atom is 0.194 e. The average molecular weight is 455 g/mol. The van der Waals surface area contributed by atoms with Gasteiger partial charge in [0.1, 0.15) is 11.6 Å². The Hall–Kier alpha value is -1.77.